The Bertz CT molecular complexity index is 828. The lowest BCUT2D eigenvalue weighted by Gasteiger charge is -2.27. The van der Waals surface area contributed by atoms with Crippen molar-refractivity contribution < 1.29 is 28.5 Å². The fourth-order valence-corrected chi connectivity index (χ4v) is 4.00. The predicted octanol–water partition coefficient (Wildman–Crippen LogP) is 3.35. The number of methoxy groups -OCH3 is 1. The average Bonchev–Trinajstić information content (AvgIpc) is 2.92. The summed E-state index contributed by atoms with van der Waals surface area (Å²) < 4.78 is 21.8. The standard InChI is InChI=1S/C22H31N3O6S/c1-3-29-22(27)24-21(32)23-16-13-15-7-6-8-19(26)25(17(15)14-18(16)28-2)10-12-31-20-9-4-5-11-30-20/h13-14,20H,3-12H2,1-2H3,(H2,23,24,27,32). The molecule has 1 aromatic rings. The summed E-state index contributed by atoms with van der Waals surface area (Å²) in [4.78, 5) is 26.2. The van der Waals surface area contributed by atoms with E-state index in [1.807, 2.05) is 12.1 Å². The van der Waals surface area contributed by atoms with Gasteiger partial charge in [-0.25, -0.2) is 4.79 Å². The van der Waals surface area contributed by atoms with Crippen LogP contribution in [0.15, 0.2) is 12.1 Å². The number of fused-ring (bicyclic) bond motifs is 1. The second kappa shape index (κ2) is 12.0. The maximum absolute atomic E-state index is 12.8. The first-order valence-corrected chi connectivity index (χ1v) is 11.4. The van der Waals surface area contributed by atoms with Crippen molar-refractivity contribution in [2.24, 2.45) is 0 Å². The van der Waals surface area contributed by atoms with Gasteiger partial charge >= 0.3 is 6.09 Å². The maximum atomic E-state index is 12.8. The summed E-state index contributed by atoms with van der Waals surface area (Å²) in [7, 11) is 1.54. The Morgan fingerprint density at radius 3 is 2.84 bits per heavy atom. The molecule has 1 fully saturated rings. The molecule has 0 saturated carbocycles. The van der Waals surface area contributed by atoms with Crippen LogP contribution >= 0.6 is 12.2 Å². The summed E-state index contributed by atoms with van der Waals surface area (Å²) in [5, 5.41) is 5.54. The molecule has 1 atom stereocenters. The molecule has 0 spiro atoms. The number of thiocarbonyl (C=S) groups is 1. The molecule has 2 aliphatic rings. The zero-order valence-electron chi connectivity index (χ0n) is 18.6. The summed E-state index contributed by atoms with van der Waals surface area (Å²) in [6.07, 6.45) is 4.16. The van der Waals surface area contributed by atoms with E-state index in [9.17, 15) is 9.59 Å². The third-order valence-electron chi connectivity index (χ3n) is 5.33. The minimum Gasteiger partial charge on any atom is -0.494 e. The maximum Gasteiger partial charge on any atom is 0.413 e. The lowest BCUT2D eigenvalue weighted by molar-refractivity contribution is -0.161. The molecular weight excluding hydrogens is 434 g/mol. The fraction of sp³-hybridized carbons (Fsp3) is 0.591. The number of aryl methyl sites for hydroxylation is 1. The zero-order chi connectivity index (χ0) is 22.9. The number of hydrogen-bond acceptors (Lipinski definition) is 7. The highest BCUT2D eigenvalue weighted by Crippen LogP contribution is 2.36. The number of carbonyl (C=O) groups is 2. The molecule has 9 nitrogen and oxygen atoms in total. The Kier molecular flexibility index (Phi) is 9.07. The van der Waals surface area contributed by atoms with E-state index in [0.29, 0.717) is 31.0 Å². The number of alkyl carbamates (subject to hydrolysis) is 1. The van der Waals surface area contributed by atoms with E-state index in [2.05, 4.69) is 10.6 Å². The highest BCUT2D eigenvalue weighted by Gasteiger charge is 2.25. The number of nitrogens with zero attached hydrogens (tertiary/aromatic N) is 1. The van der Waals surface area contributed by atoms with Crippen molar-refractivity contribution in [2.75, 3.05) is 43.7 Å². The second-order valence-electron chi connectivity index (χ2n) is 7.55. The summed E-state index contributed by atoms with van der Waals surface area (Å²) >= 11 is 5.21. The van der Waals surface area contributed by atoms with E-state index in [0.717, 1.165) is 50.0 Å². The molecule has 2 aliphatic heterocycles. The number of rotatable bonds is 7. The molecule has 176 valence electrons. The normalized spacial score (nSPS) is 18.4. The van der Waals surface area contributed by atoms with Gasteiger partial charge in [-0.2, -0.15) is 0 Å². The molecule has 0 radical (unpaired) electrons. The van der Waals surface area contributed by atoms with Crippen LogP contribution in [-0.4, -0.2) is 56.9 Å². The van der Waals surface area contributed by atoms with Gasteiger partial charge in [0.25, 0.3) is 0 Å². The van der Waals surface area contributed by atoms with Gasteiger partial charge in [0, 0.05) is 25.6 Å². The third kappa shape index (κ3) is 6.54. The summed E-state index contributed by atoms with van der Waals surface area (Å²) in [6.45, 7) is 3.51. The largest absolute Gasteiger partial charge is 0.494 e. The van der Waals surface area contributed by atoms with Crippen LogP contribution in [0.5, 0.6) is 5.75 Å². The van der Waals surface area contributed by atoms with E-state index < -0.39 is 6.09 Å². The first kappa shape index (κ1) is 24.2. The van der Waals surface area contributed by atoms with Crippen LogP contribution in [0.3, 0.4) is 0 Å². The van der Waals surface area contributed by atoms with Gasteiger partial charge in [-0.15, -0.1) is 0 Å². The number of carbonyl (C=O) groups excluding carboxylic acids is 2. The number of benzene rings is 1. The van der Waals surface area contributed by atoms with Gasteiger partial charge in [0.2, 0.25) is 5.91 Å². The van der Waals surface area contributed by atoms with Crippen LogP contribution in [0.25, 0.3) is 0 Å². The van der Waals surface area contributed by atoms with E-state index >= 15 is 0 Å². The quantitative estimate of drug-likeness (QED) is 0.592. The SMILES string of the molecule is CCOC(=O)NC(=S)Nc1cc2c(cc1OC)N(CCOC1CCCCO1)C(=O)CCC2. The fourth-order valence-electron chi connectivity index (χ4n) is 3.81. The Hall–Kier alpha value is -2.43. The smallest absolute Gasteiger partial charge is 0.413 e. The van der Waals surface area contributed by atoms with Gasteiger partial charge in [0.05, 0.1) is 31.7 Å². The minimum atomic E-state index is -0.627. The molecule has 32 heavy (non-hydrogen) atoms. The van der Waals surface area contributed by atoms with Crippen LogP contribution in [-0.2, 0) is 25.4 Å². The summed E-state index contributed by atoms with van der Waals surface area (Å²) in [5.74, 6) is 0.562. The Labute approximate surface area is 193 Å². The molecule has 2 heterocycles. The number of ether oxygens (including phenoxy) is 4. The van der Waals surface area contributed by atoms with Crippen LogP contribution in [0.4, 0.5) is 16.2 Å². The van der Waals surface area contributed by atoms with Crippen LogP contribution in [0.2, 0.25) is 0 Å². The zero-order valence-corrected chi connectivity index (χ0v) is 19.4. The van der Waals surface area contributed by atoms with Crippen molar-refractivity contribution in [1.82, 2.24) is 5.32 Å². The van der Waals surface area contributed by atoms with Crippen LogP contribution < -0.4 is 20.3 Å². The van der Waals surface area contributed by atoms with E-state index in [1.54, 1.807) is 18.9 Å². The Morgan fingerprint density at radius 2 is 2.12 bits per heavy atom. The Morgan fingerprint density at radius 1 is 1.28 bits per heavy atom. The number of anilines is 2. The van der Waals surface area contributed by atoms with Gasteiger partial charge in [-0.3, -0.25) is 10.1 Å². The van der Waals surface area contributed by atoms with Gasteiger partial charge < -0.3 is 29.2 Å². The molecular formula is C22H31N3O6S. The topological polar surface area (TPSA) is 98.4 Å². The van der Waals surface area contributed by atoms with Gasteiger partial charge in [-0.1, -0.05) is 0 Å². The van der Waals surface area contributed by atoms with Crippen molar-refractivity contribution >= 4 is 40.7 Å². The highest BCUT2D eigenvalue weighted by molar-refractivity contribution is 7.80. The number of amides is 2. The molecule has 2 N–H and O–H groups in total. The molecule has 1 aromatic carbocycles. The van der Waals surface area contributed by atoms with E-state index in [1.165, 1.54) is 0 Å². The third-order valence-corrected chi connectivity index (χ3v) is 5.53. The van der Waals surface area contributed by atoms with Crippen LogP contribution in [0.1, 0.15) is 44.6 Å². The Balaban J connectivity index is 1.73. The van der Waals surface area contributed by atoms with Crippen molar-refractivity contribution in [3.8, 4) is 5.75 Å². The molecule has 1 unspecified atom stereocenters. The second-order valence-corrected chi connectivity index (χ2v) is 7.95. The number of nitrogens with one attached hydrogen (secondary N) is 2. The summed E-state index contributed by atoms with van der Waals surface area (Å²) in [6, 6.07) is 3.73. The van der Waals surface area contributed by atoms with Crippen molar-refractivity contribution in [2.45, 2.75) is 51.7 Å². The average molecular weight is 466 g/mol. The van der Waals surface area contributed by atoms with E-state index in [-0.39, 0.29) is 23.9 Å². The monoisotopic (exact) mass is 465 g/mol. The molecule has 0 bridgehead atoms. The first-order chi connectivity index (χ1) is 15.5. The molecule has 1 saturated heterocycles. The predicted molar refractivity (Wildman–Crippen MR) is 124 cm³/mol. The van der Waals surface area contributed by atoms with Crippen molar-refractivity contribution in [3.63, 3.8) is 0 Å². The van der Waals surface area contributed by atoms with Gasteiger partial charge in [0.1, 0.15) is 5.75 Å². The lowest BCUT2D eigenvalue weighted by atomic mass is 10.1. The van der Waals surface area contributed by atoms with Crippen molar-refractivity contribution in [1.29, 1.82) is 0 Å². The lowest BCUT2D eigenvalue weighted by Crippen LogP contribution is -2.35. The minimum absolute atomic E-state index is 0.0548. The van der Waals surface area contributed by atoms with Gasteiger partial charge in [-0.05, 0) is 62.9 Å². The van der Waals surface area contributed by atoms with Crippen LogP contribution in [0, 0.1) is 0 Å². The van der Waals surface area contributed by atoms with Crippen molar-refractivity contribution in [3.05, 3.63) is 17.7 Å². The molecule has 0 aromatic heterocycles. The molecule has 0 aliphatic carbocycles. The molecule has 2 amide bonds. The van der Waals surface area contributed by atoms with E-state index in [4.69, 9.17) is 31.2 Å². The first-order valence-electron chi connectivity index (χ1n) is 11.0. The molecule has 3 rings (SSSR count). The highest BCUT2D eigenvalue weighted by atomic mass is 32.1. The summed E-state index contributed by atoms with van der Waals surface area (Å²) in [5.41, 5.74) is 2.40. The van der Waals surface area contributed by atoms with Gasteiger partial charge in [0.15, 0.2) is 11.4 Å². The number of hydrogen-bond donors (Lipinski definition) is 2. The molecule has 10 heteroatoms.